The zero-order chi connectivity index (χ0) is 14.8. The van der Waals surface area contributed by atoms with E-state index in [1.165, 1.54) is 0 Å². The lowest BCUT2D eigenvalue weighted by atomic mass is 10.1. The van der Waals surface area contributed by atoms with Gasteiger partial charge in [0.15, 0.2) is 0 Å². The third-order valence-corrected chi connectivity index (χ3v) is 2.54. The van der Waals surface area contributed by atoms with Crippen LogP contribution in [0.25, 0.3) is 0 Å². The molecule has 4 nitrogen and oxygen atoms in total. The van der Waals surface area contributed by atoms with E-state index in [1.807, 2.05) is 19.9 Å². The number of carbonyl (C=O) groups excluding carboxylic acids is 1. The van der Waals surface area contributed by atoms with Crippen molar-refractivity contribution in [2.24, 2.45) is 0 Å². The molecule has 0 spiro atoms. The van der Waals surface area contributed by atoms with Crippen molar-refractivity contribution >= 4 is 5.91 Å². The summed E-state index contributed by atoms with van der Waals surface area (Å²) in [4.78, 5) is 12.0. The molecular weight excluding hydrogens is 254 g/mol. The molecule has 0 aliphatic heterocycles. The summed E-state index contributed by atoms with van der Waals surface area (Å²) in [6.07, 6.45) is 0.432. The Kier molecular flexibility index (Phi) is 7.41. The van der Waals surface area contributed by atoms with E-state index in [0.29, 0.717) is 25.2 Å². The molecule has 2 N–H and O–H groups in total. The molecule has 1 unspecified atom stereocenters. The van der Waals surface area contributed by atoms with Crippen LogP contribution in [0.15, 0.2) is 24.3 Å². The smallest absolute Gasteiger partial charge is 0.251 e. The number of aliphatic hydroxyl groups excluding tert-OH is 1. The van der Waals surface area contributed by atoms with Crippen molar-refractivity contribution < 1.29 is 14.6 Å². The molecule has 0 aromatic heterocycles. The Bertz CT molecular complexity index is 488. The van der Waals surface area contributed by atoms with Crippen LogP contribution in [0, 0.1) is 11.8 Å². The third kappa shape index (κ3) is 5.87. The maximum absolute atomic E-state index is 12.0. The summed E-state index contributed by atoms with van der Waals surface area (Å²) in [5, 5.41) is 11.6. The van der Waals surface area contributed by atoms with E-state index in [9.17, 15) is 4.79 Å². The van der Waals surface area contributed by atoms with Gasteiger partial charge in [0.25, 0.3) is 5.91 Å². The van der Waals surface area contributed by atoms with Crippen molar-refractivity contribution in [3.8, 4) is 11.8 Å². The van der Waals surface area contributed by atoms with Gasteiger partial charge in [0, 0.05) is 30.2 Å². The molecule has 108 valence electrons. The fraction of sp³-hybridized carbons (Fsp3) is 0.438. The standard InChI is InChI=1S/C16H21NO3/c1-3-20-12-13(2)17-16(19)15-9-6-8-14(11-15)7-4-5-10-18/h6,8-9,11,13,18H,3,5,10,12H2,1-2H3,(H,17,19). The predicted molar refractivity (Wildman–Crippen MR) is 78.4 cm³/mol. The van der Waals surface area contributed by atoms with Gasteiger partial charge in [-0.1, -0.05) is 17.9 Å². The van der Waals surface area contributed by atoms with Gasteiger partial charge in [-0.2, -0.15) is 0 Å². The largest absolute Gasteiger partial charge is 0.395 e. The Morgan fingerprint density at radius 1 is 1.50 bits per heavy atom. The van der Waals surface area contributed by atoms with Gasteiger partial charge in [-0.05, 0) is 32.0 Å². The second-order valence-corrected chi connectivity index (χ2v) is 4.39. The molecule has 20 heavy (non-hydrogen) atoms. The van der Waals surface area contributed by atoms with Crippen LogP contribution in [0.1, 0.15) is 36.2 Å². The van der Waals surface area contributed by atoms with E-state index in [2.05, 4.69) is 17.2 Å². The zero-order valence-electron chi connectivity index (χ0n) is 12.0. The number of rotatable bonds is 6. The maximum Gasteiger partial charge on any atom is 0.251 e. The fourth-order valence-corrected chi connectivity index (χ4v) is 1.60. The van der Waals surface area contributed by atoms with Crippen molar-refractivity contribution in [1.82, 2.24) is 5.32 Å². The molecule has 1 aromatic carbocycles. The monoisotopic (exact) mass is 275 g/mol. The normalized spacial score (nSPS) is 11.3. The van der Waals surface area contributed by atoms with Crippen LogP contribution in [0.3, 0.4) is 0 Å². The fourth-order valence-electron chi connectivity index (χ4n) is 1.60. The molecule has 0 fully saturated rings. The lowest BCUT2D eigenvalue weighted by Gasteiger charge is -2.13. The average Bonchev–Trinajstić information content (AvgIpc) is 2.45. The number of amides is 1. The molecule has 1 amide bonds. The van der Waals surface area contributed by atoms with Crippen LogP contribution in [0.2, 0.25) is 0 Å². The summed E-state index contributed by atoms with van der Waals surface area (Å²) in [5.41, 5.74) is 1.34. The van der Waals surface area contributed by atoms with Crippen molar-refractivity contribution in [3.05, 3.63) is 35.4 Å². The van der Waals surface area contributed by atoms with E-state index in [1.54, 1.807) is 18.2 Å². The lowest BCUT2D eigenvalue weighted by Crippen LogP contribution is -2.35. The van der Waals surface area contributed by atoms with Gasteiger partial charge in [-0.15, -0.1) is 0 Å². The number of hydrogen-bond acceptors (Lipinski definition) is 3. The summed E-state index contributed by atoms with van der Waals surface area (Å²) in [7, 11) is 0. The molecule has 0 saturated heterocycles. The summed E-state index contributed by atoms with van der Waals surface area (Å²) < 4.78 is 5.26. The van der Waals surface area contributed by atoms with Gasteiger partial charge >= 0.3 is 0 Å². The van der Waals surface area contributed by atoms with Crippen LogP contribution in [0.5, 0.6) is 0 Å². The molecule has 1 atom stereocenters. The van der Waals surface area contributed by atoms with Gasteiger partial charge < -0.3 is 15.2 Å². The quantitative estimate of drug-likeness (QED) is 0.775. The van der Waals surface area contributed by atoms with Crippen molar-refractivity contribution in [2.45, 2.75) is 26.3 Å². The molecule has 4 heteroatoms. The third-order valence-electron chi connectivity index (χ3n) is 2.54. The first kappa shape index (κ1) is 16.2. The number of nitrogens with one attached hydrogen (secondary N) is 1. The summed E-state index contributed by atoms with van der Waals surface area (Å²) >= 11 is 0. The minimum atomic E-state index is -0.136. The van der Waals surface area contributed by atoms with E-state index in [0.717, 1.165) is 5.56 Å². The summed E-state index contributed by atoms with van der Waals surface area (Å²) in [6.45, 7) is 5.00. The Labute approximate surface area is 120 Å². The first-order valence-corrected chi connectivity index (χ1v) is 6.75. The Morgan fingerprint density at radius 3 is 3.00 bits per heavy atom. The average molecular weight is 275 g/mol. The SMILES string of the molecule is CCOCC(C)NC(=O)c1cccc(C#CCCO)c1. The second-order valence-electron chi connectivity index (χ2n) is 4.39. The van der Waals surface area contributed by atoms with E-state index in [-0.39, 0.29) is 18.6 Å². The number of aliphatic hydroxyl groups is 1. The number of hydrogen-bond donors (Lipinski definition) is 2. The zero-order valence-corrected chi connectivity index (χ0v) is 12.0. The van der Waals surface area contributed by atoms with E-state index in [4.69, 9.17) is 9.84 Å². The molecular formula is C16H21NO3. The topological polar surface area (TPSA) is 58.6 Å². The van der Waals surface area contributed by atoms with Crippen molar-refractivity contribution in [3.63, 3.8) is 0 Å². The van der Waals surface area contributed by atoms with Gasteiger partial charge in [-0.3, -0.25) is 4.79 Å². The lowest BCUT2D eigenvalue weighted by molar-refractivity contribution is 0.0872. The molecule has 0 heterocycles. The minimum Gasteiger partial charge on any atom is -0.395 e. The van der Waals surface area contributed by atoms with E-state index >= 15 is 0 Å². The van der Waals surface area contributed by atoms with E-state index < -0.39 is 0 Å². The van der Waals surface area contributed by atoms with Gasteiger partial charge in [0.1, 0.15) is 0 Å². The van der Waals surface area contributed by atoms with Gasteiger partial charge in [0.2, 0.25) is 0 Å². The van der Waals surface area contributed by atoms with Gasteiger partial charge in [0.05, 0.1) is 13.2 Å². The Morgan fingerprint density at radius 2 is 2.30 bits per heavy atom. The van der Waals surface area contributed by atoms with Crippen LogP contribution < -0.4 is 5.32 Å². The van der Waals surface area contributed by atoms with Crippen LogP contribution in [-0.4, -0.2) is 36.9 Å². The highest BCUT2D eigenvalue weighted by molar-refractivity contribution is 5.94. The van der Waals surface area contributed by atoms with Crippen LogP contribution in [0.4, 0.5) is 0 Å². The maximum atomic E-state index is 12.0. The molecule has 1 aromatic rings. The molecule has 0 aliphatic carbocycles. The first-order chi connectivity index (χ1) is 9.67. The number of ether oxygens (including phenoxy) is 1. The second kappa shape index (κ2) is 9.13. The van der Waals surface area contributed by atoms with Crippen LogP contribution >= 0.6 is 0 Å². The summed E-state index contributed by atoms with van der Waals surface area (Å²) in [6, 6.07) is 7.09. The van der Waals surface area contributed by atoms with Gasteiger partial charge in [-0.25, -0.2) is 0 Å². The molecule has 0 saturated carbocycles. The van der Waals surface area contributed by atoms with Crippen LogP contribution in [-0.2, 0) is 4.74 Å². The summed E-state index contributed by atoms with van der Waals surface area (Å²) in [5.74, 6) is 5.61. The Hall–Kier alpha value is -1.83. The first-order valence-electron chi connectivity index (χ1n) is 6.75. The highest BCUT2D eigenvalue weighted by Gasteiger charge is 2.09. The molecule has 1 rings (SSSR count). The molecule has 0 bridgehead atoms. The Balaban J connectivity index is 2.64. The van der Waals surface area contributed by atoms with Crippen molar-refractivity contribution in [1.29, 1.82) is 0 Å². The molecule has 0 aliphatic rings. The highest BCUT2D eigenvalue weighted by atomic mass is 16.5. The highest BCUT2D eigenvalue weighted by Crippen LogP contribution is 2.04. The number of benzene rings is 1. The predicted octanol–water partition coefficient (Wildman–Crippen LogP) is 1.58. The molecule has 0 radical (unpaired) electrons. The number of carbonyl (C=O) groups is 1. The van der Waals surface area contributed by atoms with Crippen molar-refractivity contribution in [2.75, 3.05) is 19.8 Å². The minimum absolute atomic E-state index is 0.0356.